The fraction of sp³-hybridized carbons (Fsp3) is 0.560. The molecule has 0 unspecified atom stereocenters. The van der Waals surface area contributed by atoms with Crippen molar-refractivity contribution in [1.82, 2.24) is 10.2 Å². The molecule has 5 atom stereocenters. The van der Waals surface area contributed by atoms with Crippen LogP contribution < -0.4 is 15.5 Å². The van der Waals surface area contributed by atoms with Crippen molar-refractivity contribution in [2.75, 3.05) is 43.5 Å². The Balaban J connectivity index is 1.88. The van der Waals surface area contributed by atoms with Gasteiger partial charge in [-0.15, -0.1) is 0 Å². The summed E-state index contributed by atoms with van der Waals surface area (Å²) >= 11 is 0. The summed E-state index contributed by atoms with van der Waals surface area (Å²) in [5.41, 5.74) is 1.72. The minimum Gasteiger partial charge on any atom is -0.395 e. The monoisotopic (exact) mass is 456 g/mol. The molecule has 180 valence electrons. The predicted octanol–water partition coefficient (Wildman–Crippen LogP) is 1.86. The third kappa shape index (κ3) is 4.76. The van der Waals surface area contributed by atoms with Crippen molar-refractivity contribution >= 4 is 29.1 Å². The zero-order valence-corrected chi connectivity index (χ0v) is 20.0. The van der Waals surface area contributed by atoms with Gasteiger partial charge in [-0.25, -0.2) is 0 Å². The van der Waals surface area contributed by atoms with Crippen LogP contribution in [0.3, 0.4) is 0 Å². The van der Waals surface area contributed by atoms with E-state index < -0.39 is 23.8 Å². The fourth-order valence-corrected chi connectivity index (χ4v) is 5.32. The first kappa shape index (κ1) is 24.8. The highest BCUT2D eigenvalue weighted by atomic mass is 16.3. The van der Waals surface area contributed by atoms with Gasteiger partial charge >= 0.3 is 0 Å². The Morgan fingerprint density at radius 3 is 2.27 bits per heavy atom. The number of hydrogen-bond acceptors (Lipinski definition) is 5. The topological polar surface area (TPSA) is 102 Å². The molecule has 3 amide bonds. The molecule has 8 heteroatoms. The highest BCUT2D eigenvalue weighted by Crippen LogP contribution is 2.45. The second-order valence-corrected chi connectivity index (χ2v) is 8.61. The van der Waals surface area contributed by atoms with E-state index in [0.717, 1.165) is 25.2 Å². The average molecular weight is 457 g/mol. The fourth-order valence-electron chi connectivity index (χ4n) is 5.32. The molecule has 0 bridgehead atoms. The number of rotatable bonds is 9. The standard InChI is InChI=1S/C25H36N4O4/c1-5-16-8-13-19-21(20(16)23(31)26-4)25(33)29(14-15-30)22(19)24(32)27-17-9-11-18(12-10-17)28(6-2)7-3/h8-13,16,19-22,30H,5-7,14-15H2,1-4H3,(H,26,31)(H,27,32)/t16-,19+,20-,21-,22+/m1/s1. The van der Waals surface area contributed by atoms with Gasteiger partial charge in [-0.1, -0.05) is 19.1 Å². The number of fused-ring (bicyclic) bond motifs is 1. The Labute approximate surface area is 196 Å². The first-order chi connectivity index (χ1) is 15.9. The van der Waals surface area contributed by atoms with Gasteiger partial charge < -0.3 is 25.5 Å². The maximum atomic E-state index is 13.4. The van der Waals surface area contributed by atoms with E-state index >= 15 is 0 Å². The molecule has 2 aliphatic rings. The molecule has 0 radical (unpaired) electrons. The molecule has 0 saturated carbocycles. The van der Waals surface area contributed by atoms with E-state index in [-0.39, 0.29) is 36.8 Å². The van der Waals surface area contributed by atoms with Crippen LogP contribution in [-0.4, -0.2) is 67.1 Å². The number of allylic oxidation sites excluding steroid dienone is 1. The molecule has 8 nitrogen and oxygen atoms in total. The summed E-state index contributed by atoms with van der Waals surface area (Å²) in [6.45, 7) is 7.76. The van der Waals surface area contributed by atoms with Gasteiger partial charge in [0.1, 0.15) is 6.04 Å². The third-order valence-corrected chi connectivity index (χ3v) is 7.01. The van der Waals surface area contributed by atoms with Crippen LogP contribution in [-0.2, 0) is 14.4 Å². The number of likely N-dealkylation sites (tertiary alicyclic amines) is 1. The van der Waals surface area contributed by atoms with Crippen LogP contribution in [0, 0.1) is 23.7 Å². The second-order valence-electron chi connectivity index (χ2n) is 8.61. The molecule has 1 heterocycles. The predicted molar refractivity (Wildman–Crippen MR) is 129 cm³/mol. The molecule has 0 aromatic heterocycles. The quantitative estimate of drug-likeness (QED) is 0.493. The summed E-state index contributed by atoms with van der Waals surface area (Å²) in [4.78, 5) is 43.2. The summed E-state index contributed by atoms with van der Waals surface area (Å²) < 4.78 is 0. The lowest BCUT2D eigenvalue weighted by Gasteiger charge is -2.33. The lowest BCUT2D eigenvalue weighted by atomic mass is 9.69. The van der Waals surface area contributed by atoms with E-state index in [1.165, 1.54) is 4.90 Å². The molecular formula is C25H36N4O4. The minimum atomic E-state index is -0.779. The molecule has 0 spiro atoms. The number of nitrogens with one attached hydrogen (secondary N) is 2. The first-order valence-corrected chi connectivity index (χ1v) is 11.9. The Bertz CT molecular complexity index is 881. The summed E-state index contributed by atoms with van der Waals surface area (Å²) in [5, 5.41) is 15.2. The van der Waals surface area contributed by atoms with Crippen molar-refractivity contribution in [3.63, 3.8) is 0 Å². The van der Waals surface area contributed by atoms with Crippen LogP contribution in [0.15, 0.2) is 36.4 Å². The zero-order chi connectivity index (χ0) is 24.1. The number of benzene rings is 1. The summed E-state index contributed by atoms with van der Waals surface area (Å²) in [6.07, 6.45) is 4.61. The van der Waals surface area contributed by atoms with Crippen LogP contribution in [0.25, 0.3) is 0 Å². The summed E-state index contributed by atoms with van der Waals surface area (Å²) in [6, 6.07) is 6.86. The van der Waals surface area contributed by atoms with Crippen molar-refractivity contribution in [3.8, 4) is 0 Å². The van der Waals surface area contributed by atoms with E-state index in [1.54, 1.807) is 7.05 Å². The van der Waals surface area contributed by atoms with Gasteiger partial charge in [0, 0.05) is 44.0 Å². The Kier molecular flexibility index (Phi) is 8.13. The van der Waals surface area contributed by atoms with Gasteiger partial charge in [-0.3, -0.25) is 14.4 Å². The van der Waals surface area contributed by atoms with Gasteiger partial charge in [-0.2, -0.15) is 0 Å². The van der Waals surface area contributed by atoms with E-state index in [0.29, 0.717) is 5.69 Å². The minimum absolute atomic E-state index is 0.0515. The molecule has 1 aromatic carbocycles. The molecule has 1 fully saturated rings. The number of aliphatic hydroxyl groups excluding tert-OH is 1. The molecule has 3 rings (SSSR count). The van der Waals surface area contributed by atoms with Crippen LogP contribution in [0.2, 0.25) is 0 Å². The Hall–Kier alpha value is -2.87. The van der Waals surface area contributed by atoms with Gasteiger partial charge in [0.15, 0.2) is 0 Å². The highest BCUT2D eigenvalue weighted by Gasteiger charge is 2.56. The van der Waals surface area contributed by atoms with Crippen molar-refractivity contribution < 1.29 is 19.5 Å². The van der Waals surface area contributed by atoms with E-state index in [2.05, 4.69) is 29.4 Å². The number of nitrogens with zero attached hydrogens (tertiary/aromatic N) is 2. The number of aliphatic hydroxyl groups is 1. The van der Waals surface area contributed by atoms with E-state index in [9.17, 15) is 19.5 Å². The molecule has 3 N–H and O–H groups in total. The van der Waals surface area contributed by atoms with E-state index in [1.807, 2.05) is 43.3 Å². The largest absolute Gasteiger partial charge is 0.395 e. The third-order valence-electron chi connectivity index (χ3n) is 7.01. The maximum absolute atomic E-state index is 13.4. The normalized spacial score (nSPS) is 26.2. The lowest BCUT2D eigenvalue weighted by molar-refractivity contribution is -0.140. The number of carbonyl (C=O) groups excluding carboxylic acids is 3. The maximum Gasteiger partial charge on any atom is 0.247 e. The van der Waals surface area contributed by atoms with Gasteiger partial charge in [0.2, 0.25) is 17.7 Å². The van der Waals surface area contributed by atoms with Crippen molar-refractivity contribution in [2.24, 2.45) is 23.7 Å². The number of β-amino-alcohol motifs (C(OH)–C–C–N with tert-alkyl or cyclic N) is 1. The molecule has 1 aliphatic heterocycles. The Morgan fingerprint density at radius 1 is 1.06 bits per heavy atom. The van der Waals surface area contributed by atoms with Crippen molar-refractivity contribution in [3.05, 3.63) is 36.4 Å². The molecule has 1 saturated heterocycles. The zero-order valence-electron chi connectivity index (χ0n) is 20.0. The summed E-state index contributed by atoms with van der Waals surface area (Å²) in [5.74, 6) is -2.39. The van der Waals surface area contributed by atoms with Gasteiger partial charge in [0.25, 0.3) is 0 Å². The van der Waals surface area contributed by atoms with Crippen LogP contribution in [0.4, 0.5) is 11.4 Å². The van der Waals surface area contributed by atoms with Crippen LogP contribution in [0.1, 0.15) is 27.2 Å². The molecule has 1 aromatic rings. The van der Waals surface area contributed by atoms with Crippen molar-refractivity contribution in [1.29, 1.82) is 0 Å². The molecule has 1 aliphatic carbocycles. The SMILES string of the molecule is CC[C@@H]1C=C[C@H]2[C@@H](C(=O)N(CCO)[C@@H]2C(=O)Nc2ccc(N(CC)CC)cc2)[C@@H]1C(=O)NC. The van der Waals surface area contributed by atoms with Gasteiger partial charge in [0.05, 0.1) is 18.4 Å². The van der Waals surface area contributed by atoms with Crippen LogP contribution >= 0.6 is 0 Å². The molecule has 33 heavy (non-hydrogen) atoms. The number of hydrogen-bond donors (Lipinski definition) is 3. The number of anilines is 2. The van der Waals surface area contributed by atoms with Crippen molar-refractivity contribution in [2.45, 2.75) is 33.2 Å². The number of carbonyl (C=O) groups is 3. The van der Waals surface area contributed by atoms with E-state index in [4.69, 9.17) is 0 Å². The Morgan fingerprint density at radius 2 is 1.73 bits per heavy atom. The smallest absolute Gasteiger partial charge is 0.247 e. The first-order valence-electron chi connectivity index (χ1n) is 11.9. The lowest BCUT2D eigenvalue weighted by Crippen LogP contribution is -2.45. The summed E-state index contributed by atoms with van der Waals surface area (Å²) in [7, 11) is 1.57. The van der Waals surface area contributed by atoms with Crippen LogP contribution in [0.5, 0.6) is 0 Å². The highest BCUT2D eigenvalue weighted by molar-refractivity contribution is 6.02. The average Bonchev–Trinajstić information content (AvgIpc) is 3.11. The second kappa shape index (κ2) is 10.8. The van der Waals surface area contributed by atoms with Gasteiger partial charge in [-0.05, 0) is 50.5 Å². The number of amides is 3. The molecular weight excluding hydrogens is 420 g/mol.